The van der Waals surface area contributed by atoms with Gasteiger partial charge in [0.05, 0.1) is 26.1 Å². The lowest BCUT2D eigenvalue weighted by molar-refractivity contribution is -0.0598. The van der Waals surface area contributed by atoms with E-state index >= 15 is 0 Å². The van der Waals surface area contributed by atoms with Crippen LogP contribution in [0.25, 0.3) is 0 Å². The van der Waals surface area contributed by atoms with Crippen molar-refractivity contribution in [1.29, 1.82) is 0 Å². The van der Waals surface area contributed by atoms with Gasteiger partial charge in [0.25, 0.3) is 5.91 Å². The Labute approximate surface area is 218 Å². The molecule has 1 heterocycles. The molecule has 0 bridgehead atoms. The first kappa shape index (κ1) is 29.2. The zero-order chi connectivity index (χ0) is 25.5. The van der Waals surface area contributed by atoms with Gasteiger partial charge in [-0.2, -0.15) is 4.31 Å². The molecular formula is C21H25Cl2FN2O5S3. The summed E-state index contributed by atoms with van der Waals surface area (Å²) in [4.78, 5) is 12.6. The number of amides is 1. The summed E-state index contributed by atoms with van der Waals surface area (Å²) in [5, 5.41) is 11.7. The van der Waals surface area contributed by atoms with Gasteiger partial charge in [-0.3, -0.25) is 4.79 Å². The number of nitrogens with one attached hydrogen (secondary N) is 1. The molecule has 34 heavy (non-hydrogen) atoms. The predicted molar refractivity (Wildman–Crippen MR) is 138 cm³/mol. The van der Waals surface area contributed by atoms with Crippen LogP contribution in [0.4, 0.5) is 10.1 Å². The molecule has 2 aromatic rings. The van der Waals surface area contributed by atoms with Gasteiger partial charge in [0.1, 0.15) is 5.82 Å². The lowest BCUT2D eigenvalue weighted by atomic mass is 9.89. The molecule has 0 aliphatic carbocycles. The number of aliphatic hydroxyl groups is 1. The van der Waals surface area contributed by atoms with Crippen molar-refractivity contribution in [2.45, 2.75) is 29.8 Å². The third-order valence-electron chi connectivity index (χ3n) is 5.63. The molecule has 0 spiro atoms. The quantitative estimate of drug-likeness (QED) is 0.286. The van der Waals surface area contributed by atoms with E-state index in [1.807, 2.05) is 0 Å². The summed E-state index contributed by atoms with van der Waals surface area (Å²) in [6.45, 7) is 0.387. The summed E-state index contributed by atoms with van der Waals surface area (Å²) in [7, 11) is -2.33. The van der Waals surface area contributed by atoms with Gasteiger partial charge in [0.2, 0.25) is 10.0 Å². The molecule has 0 saturated carbocycles. The molecule has 0 aromatic heterocycles. The van der Waals surface area contributed by atoms with Crippen LogP contribution in [0.15, 0.2) is 41.3 Å². The highest BCUT2D eigenvalue weighted by atomic mass is 35.5. The van der Waals surface area contributed by atoms with Crippen LogP contribution in [-0.2, 0) is 14.8 Å². The van der Waals surface area contributed by atoms with Gasteiger partial charge in [-0.15, -0.1) is 23.3 Å². The molecule has 1 saturated heterocycles. The van der Waals surface area contributed by atoms with E-state index in [2.05, 4.69) is 28.6 Å². The molecule has 0 unspecified atom stereocenters. The fourth-order valence-corrected chi connectivity index (χ4v) is 5.51. The largest absolute Gasteiger partial charge is 0.396 e. The maximum Gasteiger partial charge on any atom is 0.257 e. The number of benzene rings is 2. The second kappa shape index (κ2) is 12.8. The Morgan fingerprint density at radius 1 is 1.18 bits per heavy atom. The number of carbonyl (C=O) groups is 1. The zero-order valence-corrected chi connectivity index (χ0v) is 22.3. The van der Waals surface area contributed by atoms with Crippen LogP contribution < -0.4 is 5.32 Å². The third-order valence-corrected chi connectivity index (χ3v) is 8.15. The SMILES string of the molecule is COC1(CCO)CCN(S(=O)(=O)c2ccc(Cl)c(C(=O)Nc3ccc(F)c(Cl)c3)c2)CC1.SS. The number of hydrogen-bond acceptors (Lipinski definition) is 7. The Morgan fingerprint density at radius 2 is 1.82 bits per heavy atom. The van der Waals surface area contributed by atoms with E-state index in [4.69, 9.17) is 27.9 Å². The smallest absolute Gasteiger partial charge is 0.257 e. The maximum absolute atomic E-state index is 13.3. The number of rotatable bonds is 7. The molecule has 2 N–H and O–H groups in total. The molecule has 3 rings (SSSR count). The normalized spacial score (nSPS) is 15.9. The fraction of sp³-hybridized carbons (Fsp3) is 0.381. The molecule has 1 fully saturated rings. The van der Waals surface area contributed by atoms with Crippen molar-refractivity contribution in [2.75, 3.05) is 32.1 Å². The minimum Gasteiger partial charge on any atom is -0.396 e. The molecule has 0 atom stereocenters. The number of hydrogen-bond donors (Lipinski definition) is 4. The molecule has 188 valence electrons. The van der Waals surface area contributed by atoms with Gasteiger partial charge >= 0.3 is 0 Å². The Morgan fingerprint density at radius 3 is 2.38 bits per heavy atom. The van der Waals surface area contributed by atoms with E-state index in [-0.39, 0.29) is 45.9 Å². The van der Waals surface area contributed by atoms with Crippen LogP contribution in [0, 0.1) is 5.82 Å². The van der Waals surface area contributed by atoms with Gasteiger partial charge in [0.15, 0.2) is 0 Å². The van der Waals surface area contributed by atoms with E-state index in [1.54, 1.807) is 7.11 Å². The molecule has 1 amide bonds. The van der Waals surface area contributed by atoms with Crippen LogP contribution in [0.3, 0.4) is 0 Å². The lowest BCUT2D eigenvalue weighted by Gasteiger charge is -2.40. The van der Waals surface area contributed by atoms with Crippen LogP contribution in [0.1, 0.15) is 29.6 Å². The van der Waals surface area contributed by atoms with Gasteiger partial charge < -0.3 is 15.2 Å². The van der Waals surface area contributed by atoms with Crippen molar-refractivity contribution in [3.63, 3.8) is 0 Å². The minimum atomic E-state index is -3.89. The van der Waals surface area contributed by atoms with Crippen LogP contribution in [0.5, 0.6) is 0 Å². The van der Waals surface area contributed by atoms with Crippen LogP contribution >= 0.6 is 46.5 Å². The van der Waals surface area contributed by atoms with Crippen molar-refractivity contribution in [3.05, 3.63) is 57.8 Å². The second-order valence-corrected chi connectivity index (χ2v) is 10.2. The first-order valence-electron chi connectivity index (χ1n) is 10.0. The van der Waals surface area contributed by atoms with Crippen molar-refractivity contribution in [2.24, 2.45) is 0 Å². The van der Waals surface area contributed by atoms with Gasteiger partial charge in [-0.25, -0.2) is 12.8 Å². The standard InChI is InChI=1S/C21H23Cl2FN2O5S.H2S2/c1-31-21(8-11-27)6-9-26(10-7-21)32(29,30)15-3-4-17(22)16(13-15)20(28)25-14-2-5-19(24)18(23)12-14;1-2/h2-5,12-13,27H,6-11H2,1H3,(H,25,28);1-2H. The Balaban J connectivity index is 0.00000199. The van der Waals surface area contributed by atoms with Crippen LogP contribution in [0.2, 0.25) is 10.0 Å². The number of methoxy groups -OCH3 is 1. The summed E-state index contributed by atoms with van der Waals surface area (Å²) in [5.41, 5.74) is -0.360. The highest BCUT2D eigenvalue weighted by Gasteiger charge is 2.38. The summed E-state index contributed by atoms with van der Waals surface area (Å²) in [6, 6.07) is 7.57. The number of thiol groups is 2. The molecule has 0 radical (unpaired) electrons. The highest BCUT2D eigenvalue weighted by molar-refractivity contribution is 8.59. The fourth-order valence-electron chi connectivity index (χ4n) is 3.65. The van der Waals surface area contributed by atoms with Crippen molar-refractivity contribution in [1.82, 2.24) is 4.31 Å². The molecule has 2 aromatic carbocycles. The number of anilines is 1. The van der Waals surface area contributed by atoms with Crippen molar-refractivity contribution < 1.29 is 27.4 Å². The third kappa shape index (κ3) is 6.79. The zero-order valence-electron chi connectivity index (χ0n) is 18.2. The van der Waals surface area contributed by atoms with E-state index < -0.39 is 27.3 Å². The second-order valence-electron chi connectivity index (χ2n) is 7.49. The van der Waals surface area contributed by atoms with Crippen molar-refractivity contribution in [3.8, 4) is 0 Å². The van der Waals surface area contributed by atoms with Gasteiger partial charge in [-0.1, -0.05) is 23.2 Å². The predicted octanol–water partition coefficient (Wildman–Crippen LogP) is 4.70. The summed E-state index contributed by atoms with van der Waals surface area (Å²) >= 11 is 18.3. The minimum absolute atomic E-state index is 0.0447. The summed E-state index contributed by atoms with van der Waals surface area (Å²) in [5.74, 6) is -1.29. The molecule has 13 heteroatoms. The maximum atomic E-state index is 13.3. The van der Waals surface area contributed by atoms with E-state index in [0.717, 1.165) is 6.07 Å². The number of carbonyl (C=O) groups excluding carboxylic acids is 1. The average molecular weight is 572 g/mol. The lowest BCUT2D eigenvalue weighted by Crippen LogP contribution is -2.48. The number of piperidine rings is 1. The number of nitrogens with zero attached hydrogens (tertiary/aromatic N) is 1. The Hall–Kier alpha value is -1.05. The number of ether oxygens (including phenoxy) is 1. The number of halogens is 3. The molecule has 7 nitrogen and oxygen atoms in total. The number of aliphatic hydroxyl groups excluding tert-OH is 1. The Bertz CT molecular complexity index is 1110. The topological polar surface area (TPSA) is 95.9 Å². The number of sulfonamides is 1. The summed E-state index contributed by atoms with van der Waals surface area (Å²) in [6.07, 6.45) is 1.31. The molecule has 1 aliphatic heterocycles. The first-order valence-corrected chi connectivity index (χ1v) is 13.8. The van der Waals surface area contributed by atoms with E-state index in [1.165, 1.54) is 34.6 Å². The molecule has 1 aliphatic rings. The monoisotopic (exact) mass is 570 g/mol. The van der Waals surface area contributed by atoms with E-state index in [0.29, 0.717) is 19.3 Å². The summed E-state index contributed by atoms with van der Waals surface area (Å²) < 4.78 is 46.6. The molecular weight excluding hydrogens is 546 g/mol. The van der Waals surface area contributed by atoms with Gasteiger partial charge in [0, 0.05) is 32.5 Å². The first-order chi connectivity index (χ1) is 16.1. The Kier molecular flexibility index (Phi) is 11.0. The van der Waals surface area contributed by atoms with Crippen molar-refractivity contribution >= 4 is 68.1 Å². The highest BCUT2D eigenvalue weighted by Crippen LogP contribution is 2.32. The van der Waals surface area contributed by atoms with Crippen LogP contribution in [-0.4, -0.2) is 56.1 Å². The van der Waals surface area contributed by atoms with Gasteiger partial charge in [-0.05, 0) is 55.7 Å². The van der Waals surface area contributed by atoms with E-state index in [9.17, 15) is 22.7 Å². The average Bonchev–Trinajstić information content (AvgIpc) is 2.83.